The molecule has 2 nitrogen and oxygen atoms in total. The van der Waals surface area contributed by atoms with Gasteiger partial charge in [-0.15, -0.1) is 13.2 Å². The lowest BCUT2D eigenvalue weighted by molar-refractivity contribution is -0.345. The first-order chi connectivity index (χ1) is 7.01. The Labute approximate surface area is 88.4 Å². The van der Waals surface area contributed by atoms with Crippen molar-refractivity contribution < 1.29 is 17.9 Å². The van der Waals surface area contributed by atoms with Gasteiger partial charge in [0.25, 0.3) is 0 Å². The Hall–Kier alpha value is -0.290. The van der Waals surface area contributed by atoms with Gasteiger partial charge in [-0.25, -0.2) is 0 Å². The summed E-state index contributed by atoms with van der Waals surface area (Å²) in [6.07, 6.45) is -1.89. The van der Waals surface area contributed by atoms with Gasteiger partial charge >= 0.3 is 6.36 Å². The molecule has 5 heteroatoms. The lowest BCUT2D eigenvalue weighted by Crippen LogP contribution is -2.39. The van der Waals surface area contributed by atoms with E-state index in [1.54, 1.807) is 0 Å². The Morgan fingerprint density at radius 1 is 1.27 bits per heavy atom. The number of piperidine rings is 1. The highest BCUT2D eigenvalue weighted by Crippen LogP contribution is 2.24. The summed E-state index contributed by atoms with van der Waals surface area (Å²) < 4.78 is 39.7. The summed E-state index contributed by atoms with van der Waals surface area (Å²) in [5, 5.41) is 0. The Bertz CT molecular complexity index is 176. The van der Waals surface area contributed by atoms with Crippen LogP contribution >= 0.6 is 0 Å². The van der Waals surface area contributed by atoms with Gasteiger partial charge in [-0.05, 0) is 25.8 Å². The van der Waals surface area contributed by atoms with Gasteiger partial charge in [-0.1, -0.05) is 13.3 Å². The van der Waals surface area contributed by atoms with Gasteiger partial charge in [0.1, 0.15) is 0 Å². The zero-order valence-corrected chi connectivity index (χ0v) is 9.02. The van der Waals surface area contributed by atoms with Crippen LogP contribution in [-0.2, 0) is 4.74 Å². The van der Waals surface area contributed by atoms with E-state index in [9.17, 15) is 13.2 Å². The Morgan fingerprint density at radius 3 is 2.33 bits per heavy atom. The SMILES string of the molecule is CCCCN1CCC(OC(F)(F)F)CC1. The average molecular weight is 225 g/mol. The molecule has 0 aromatic rings. The van der Waals surface area contributed by atoms with Gasteiger partial charge in [-0.2, -0.15) is 0 Å². The summed E-state index contributed by atoms with van der Waals surface area (Å²) in [7, 11) is 0. The van der Waals surface area contributed by atoms with Crippen molar-refractivity contribution in [3.63, 3.8) is 0 Å². The Balaban J connectivity index is 2.18. The molecule has 0 aliphatic carbocycles. The molecular formula is C10H18F3NO. The van der Waals surface area contributed by atoms with Crippen molar-refractivity contribution in [3.8, 4) is 0 Å². The van der Waals surface area contributed by atoms with Gasteiger partial charge in [0, 0.05) is 13.1 Å². The van der Waals surface area contributed by atoms with Crippen molar-refractivity contribution in [2.75, 3.05) is 19.6 Å². The zero-order chi connectivity index (χ0) is 11.3. The second-order valence-electron chi connectivity index (χ2n) is 3.96. The topological polar surface area (TPSA) is 12.5 Å². The summed E-state index contributed by atoms with van der Waals surface area (Å²) in [6.45, 7) is 4.55. The molecule has 0 saturated carbocycles. The van der Waals surface area contributed by atoms with Crippen molar-refractivity contribution in [1.82, 2.24) is 4.90 Å². The van der Waals surface area contributed by atoms with Crippen LogP contribution in [0.3, 0.4) is 0 Å². The molecule has 90 valence electrons. The predicted molar refractivity (Wildman–Crippen MR) is 51.5 cm³/mol. The van der Waals surface area contributed by atoms with E-state index in [2.05, 4.69) is 16.6 Å². The summed E-state index contributed by atoms with van der Waals surface area (Å²) in [5.41, 5.74) is 0. The lowest BCUT2D eigenvalue weighted by atomic mass is 10.1. The molecular weight excluding hydrogens is 207 g/mol. The van der Waals surface area contributed by atoms with E-state index in [0.717, 1.165) is 32.5 Å². The van der Waals surface area contributed by atoms with Crippen molar-refractivity contribution in [2.45, 2.75) is 45.1 Å². The van der Waals surface area contributed by atoms with Crippen LogP contribution in [0.25, 0.3) is 0 Å². The molecule has 0 amide bonds. The first-order valence-corrected chi connectivity index (χ1v) is 5.48. The number of hydrogen-bond donors (Lipinski definition) is 0. The smallest absolute Gasteiger partial charge is 0.303 e. The van der Waals surface area contributed by atoms with Gasteiger partial charge in [0.15, 0.2) is 0 Å². The molecule has 1 aliphatic heterocycles. The number of halogens is 3. The van der Waals surface area contributed by atoms with Crippen LogP contribution in [0.2, 0.25) is 0 Å². The van der Waals surface area contributed by atoms with Crippen LogP contribution < -0.4 is 0 Å². The summed E-state index contributed by atoms with van der Waals surface area (Å²) in [4.78, 5) is 2.21. The van der Waals surface area contributed by atoms with Crippen LogP contribution in [0.4, 0.5) is 13.2 Å². The lowest BCUT2D eigenvalue weighted by Gasteiger charge is -2.31. The second kappa shape index (κ2) is 5.70. The first-order valence-electron chi connectivity index (χ1n) is 5.48. The minimum atomic E-state index is -4.48. The van der Waals surface area contributed by atoms with Crippen LogP contribution in [0.5, 0.6) is 0 Å². The predicted octanol–water partition coefficient (Wildman–Crippen LogP) is 2.79. The molecule has 0 unspecified atom stereocenters. The van der Waals surface area contributed by atoms with Gasteiger partial charge < -0.3 is 4.90 Å². The minimum absolute atomic E-state index is 0.489. The summed E-state index contributed by atoms with van der Waals surface area (Å²) in [5.74, 6) is 0. The number of nitrogens with zero attached hydrogens (tertiary/aromatic N) is 1. The van der Waals surface area contributed by atoms with Crippen molar-refractivity contribution in [1.29, 1.82) is 0 Å². The Morgan fingerprint density at radius 2 is 1.87 bits per heavy atom. The van der Waals surface area contributed by atoms with E-state index in [0.29, 0.717) is 12.8 Å². The zero-order valence-electron chi connectivity index (χ0n) is 9.02. The molecule has 0 atom stereocenters. The van der Waals surface area contributed by atoms with E-state index in [1.165, 1.54) is 0 Å². The highest BCUT2D eigenvalue weighted by Gasteiger charge is 2.34. The van der Waals surface area contributed by atoms with Gasteiger partial charge in [-0.3, -0.25) is 4.74 Å². The number of unbranched alkanes of at least 4 members (excludes halogenated alkanes) is 1. The second-order valence-corrected chi connectivity index (χ2v) is 3.96. The van der Waals surface area contributed by atoms with E-state index in [4.69, 9.17) is 0 Å². The normalized spacial score (nSPS) is 20.8. The van der Waals surface area contributed by atoms with E-state index < -0.39 is 12.5 Å². The summed E-state index contributed by atoms with van der Waals surface area (Å²) >= 11 is 0. The molecule has 0 bridgehead atoms. The fourth-order valence-corrected chi connectivity index (χ4v) is 1.82. The fraction of sp³-hybridized carbons (Fsp3) is 1.00. The number of likely N-dealkylation sites (tertiary alicyclic amines) is 1. The third-order valence-corrected chi connectivity index (χ3v) is 2.66. The molecule has 0 aromatic heterocycles. The molecule has 1 fully saturated rings. The van der Waals surface area contributed by atoms with Gasteiger partial charge in [0.05, 0.1) is 6.10 Å². The van der Waals surface area contributed by atoms with Crippen LogP contribution in [0.15, 0.2) is 0 Å². The number of rotatable bonds is 4. The largest absolute Gasteiger partial charge is 0.522 e. The molecule has 15 heavy (non-hydrogen) atoms. The molecule has 1 aliphatic rings. The van der Waals surface area contributed by atoms with E-state index >= 15 is 0 Å². The quantitative estimate of drug-likeness (QED) is 0.729. The van der Waals surface area contributed by atoms with Crippen LogP contribution in [0, 0.1) is 0 Å². The average Bonchev–Trinajstić information content (AvgIpc) is 2.14. The maximum absolute atomic E-state index is 11.9. The van der Waals surface area contributed by atoms with Crippen LogP contribution in [0.1, 0.15) is 32.6 Å². The molecule has 1 heterocycles. The number of ether oxygens (including phenoxy) is 1. The van der Waals surface area contributed by atoms with Crippen molar-refractivity contribution >= 4 is 0 Å². The van der Waals surface area contributed by atoms with Crippen molar-refractivity contribution in [2.24, 2.45) is 0 Å². The Kier molecular flexibility index (Phi) is 4.86. The highest BCUT2D eigenvalue weighted by molar-refractivity contribution is 4.72. The third kappa shape index (κ3) is 5.37. The van der Waals surface area contributed by atoms with E-state index in [1.807, 2.05) is 0 Å². The van der Waals surface area contributed by atoms with Crippen LogP contribution in [-0.4, -0.2) is 37.0 Å². The molecule has 0 N–H and O–H groups in total. The maximum Gasteiger partial charge on any atom is 0.522 e. The fourth-order valence-electron chi connectivity index (χ4n) is 1.82. The number of hydrogen-bond acceptors (Lipinski definition) is 2. The number of alkyl halides is 3. The molecule has 1 saturated heterocycles. The van der Waals surface area contributed by atoms with Crippen molar-refractivity contribution in [3.05, 3.63) is 0 Å². The van der Waals surface area contributed by atoms with E-state index in [-0.39, 0.29) is 0 Å². The molecule has 1 rings (SSSR count). The monoisotopic (exact) mass is 225 g/mol. The molecule has 0 aromatic carbocycles. The maximum atomic E-state index is 11.9. The molecule has 0 radical (unpaired) electrons. The van der Waals surface area contributed by atoms with Gasteiger partial charge in [0.2, 0.25) is 0 Å². The third-order valence-electron chi connectivity index (χ3n) is 2.66. The summed E-state index contributed by atoms with van der Waals surface area (Å²) in [6, 6.07) is 0. The minimum Gasteiger partial charge on any atom is -0.303 e. The molecule has 0 spiro atoms. The first kappa shape index (κ1) is 12.8. The highest BCUT2D eigenvalue weighted by atomic mass is 19.4. The standard InChI is InChI=1S/C10H18F3NO/c1-2-3-6-14-7-4-9(5-8-14)15-10(11,12)13/h9H,2-8H2,1H3.